The molecule has 4 rings (SSSR count). The topological polar surface area (TPSA) is 82.1 Å². The van der Waals surface area contributed by atoms with Gasteiger partial charge in [0.1, 0.15) is 16.3 Å². The van der Waals surface area contributed by atoms with Crippen LogP contribution in [-0.2, 0) is 23.1 Å². The molecule has 0 aliphatic rings. The maximum Gasteiger partial charge on any atom is 0.433 e. The van der Waals surface area contributed by atoms with Crippen molar-refractivity contribution < 1.29 is 21.6 Å². The molecule has 29 heavy (non-hydrogen) atoms. The molecule has 0 saturated carbocycles. The van der Waals surface area contributed by atoms with Gasteiger partial charge in [0, 0.05) is 13.2 Å². The third-order valence-corrected chi connectivity index (χ3v) is 6.52. The number of alkyl halides is 3. The second kappa shape index (κ2) is 6.42. The van der Waals surface area contributed by atoms with E-state index in [1.165, 1.54) is 34.3 Å². The monoisotopic (exact) mass is 443 g/mol. The average Bonchev–Trinajstić information content (AvgIpc) is 3.18. The average molecular weight is 444 g/mol. The summed E-state index contributed by atoms with van der Waals surface area (Å²) >= 11 is 5.98. The molecule has 4 aromatic heterocycles. The zero-order chi connectivity index (χ0) is 21.1. The largest absolute Gasteiger partial charge is 0.433 e. The maximum atomic E-state index is 13.0. The van der Waals surface area contributed by atoms with Gasteiger partial charge in [-0.2, -0.15) is 18.3 Å². The van der Waals surface area contributed by atoms with Gasteiger partial charge in [-0.3, -0.25) is 0 Å². The van der Waals surface area contributed by atoms with Crippen LogP contribution in [0, 0.1) is 0 Å². The van der Waals surface area contributed by atoms with Crippen molar-refractivity contribution in [2.75, 3.05) is 5.75 Å². The van der Waals surface area contributed by atoms with Gasteiger partial charge >= 0.3 is 6.18 Å². The third-order valence-electron chi connectivity index (χ3n) is 4.51. The lowest BCUT2D eigenvalue weighted by Crippen LogP contribution is -2.07. The first-order chi connectivity index (χ1) is 13.5. The lowest BCUT2D eigenvalue weighted by Gasteiger charge is -2.05. The zero-order valence-electron chi connectivity index (χ0n) is 15.1. The van der Waals surface area contributed by atoms with Crippen LogP contribution in [0.2, 0.25) is 5.02 Å². The summed E-state index contributed by atoms with van der Waals surface area (Å²) in [5.74, 6) is -0.0822. The van der Waals surface area contributed by atoms with E-state index in [0.29, 0.717) is 16.1 Å². The Hall–Kier alpha value is -2.66. The molecular weight excluding hydrogens is 431 g/mol. The van der Waals surface area contributed by atoms with Gasteiger partial charge in [-0.1, -0.05) is 18.5 Å². The fraction of sp³-hybridized carbons (Fsp3) is 0.235. The second-order valence-corrected chi connectivity index (χ2v) is 8.96. The van der Waals surface area contributed by atoms with E-state index in [4.69, 9.17) is 11.6 Å². The van der Waals surface area contributed by atoms with E-state index in [-0.39, 0.29) is 27.7 Å². The van der Waals surface area contributed by atoms with Gasteiger partial charge in [-0.05, 0) is 18.2 Å². The van der Waals surface area contributed by atoms with Gasteiger partial charge in [0.25, 0.3) is 0 Å². The number of hydrogen-bond donors (Lipinski definition) is 0. The minimum absolute atomic E-state index is 0.0276. The summed E-state index contributed by atoms with van der Waals surface area (Å²) in [5, 5.41) is 4.66. The molecule has 0 spiro atoms. The van der Waals surface area contributed by atoms with Gasteiger partial charge in [0.15, 0.2) is 15.7 Å². The van der Waals surface area contributed by atoms with E-state index >= 15 is 0 Å². The first-order valence-electron chi connectivity index (χ1n) is 8.33. The molecule has 0 unspecified atom stereocenters. The fourth-order valence-electron chi connectivity index (χ4n) is 3.05. The van der Waals surface area contributed by atoms with Crippen LogP contribution in [0.1, 0.15) is 12.6 Å². The Morgan fingerprint density at radius 2 is 1.93 bits per heavy atom. The van der Waals surface area contributed by atoms with Crippen molar-refractivity contribution in [1.82, 2.24) is 24.1 Å². The Morgan fingerprint density at radius 3 is 2.59 bits per heavy atom. The molecule has 12 heteroatoms. The number of imidazole rings is 1. The van der Waals surface area contributed by atoms with Gasteiger partial charge in [-0.25, -0.2) is 22.9 Å². The van der Waals surface area contributed by atoms with Crippen molar-refractivity contribution in [3.05, 3.63) is 41.3 Å². The predicted molar refractivity (Wildman–Crippen MR) is 100 cm³/mol. The molecule has 7 nitrogen and oxygen atoms in total. The van der Waals surface area contributed by atoms with Crippen LogP contribution in [0.5, 0.6) is 0 Å². The third kappa shape index (κ3) is 3.14. The lowest BCUT2D eigenvalue weighted by molar-refractivity contribution is -0.141. The van der Waals surface area contributed by atoms with Crippen molar-refractivity contribution in [2.45, 2.75) is 18.0 Å². The number of pyridine rings is 2. The van der Waals surface area contributed by atoms with Crippen molar-refractivity contribution in [2.24, 2.45) is 7.05 Å². The second-order valence-electron chi connectivity index (χ2n) is 6.31. The number of sulfone groups is 1. The number of halogens is 4. The molecule has 0 aromatic carbocycles. The minimum atomic E-state index is -4.62. The molecule has 0 amide bonds. The normalized spacial score (nSPS) is 12.9. The Morgan fingerprint density at radius 1 is 1.21 bits per heavy atom. The molecule has 0 aliphatic heterocycles. The number of aryl methyl sites for hydroxylation is 1. The van der Waals surface area contributed by atoms with Gasteiger partial charge < -0.3 is 4.57 Å². The van der Waals surface area contributed by atoms with Gasteiger partial charge in [0.05, 0.1) is 33.5 Å². The fourth-order valence-corrected chi connectivity index (χ4v) is 4.40. The van der Waals surface area contributed by atoms with E-state index in [1.54, 1.807) is 7.05 Å². The van der Waals surface area contributed by atoms with Gasteiger partial charge in [0.2, 0.25) is 0 Å². The highest BCUT2D eigenvalue weighted by atomic mass is 35.5. The molecule has 0 radical (unpaired) electrons. The molecule has 0 aliphatic carbocycles. The minimum Gasteiger partial charge on any atom is -0.324 e. The van der Waals surface area contributed by atoms with E-state index in [2.05, 4.69) is 15.1 Å². The standard InChI is InChI=1S/C17H13ClF3N5O2S/c1-3-29(27,28)15-11-5-4-9(18)8-26(11)24-14(15)16-23-10-6-13(17(19,20)21)22-7-12(10)25(16)2/h4-8H,3H2,1-2H3. The van der Waals surface area contributed by atoms with Crippen LogP contribution >= 0.6 is 11.6 Å². The molecule has 0 atom stereocenters. The number of hydrogen-bond acceptors (Lipinski definition) is 5. The Balaban J connectivity index is 2.05. The van der Waals surface area contributed by atoms with Gasteiger partial charge in [-0.15, -0.1) is 0 Å². The lowest BCUT2D eigenvalue weighted by atomic mass is 10.3. The van der Waals surface area contributed by atoms with Crippen molar-refractivity contribution in [1.29, 1.82) is 0 Å². The summed E-state index contributed by atoms with van der Waals surface area (Å²) in [6.07, 6.45) is -2.13. The maximum absolute atomic E-state index is 13.0. The Labute approximate surface area is 167 Å². The quantitative estimate of drug-likeness (QED) is 0.481. The molecule has 0 fully saturated rings. The van der Waals surface area contributed by atoms with Crippen LogP contribution in [0.25, 0.3) is 28.1 Å². The highest BCUT2D eigenvalue weighted by Gasteiger charge is 2.34. The number of rotatable bonds is 3. The molecule has 0 bridgehead atoms. The number of nitrogens with zero attached hydrogens (tertiary/aromatic N) is 5. The molecule has 4 heterocycles. The summed E-state index contributed by atoms with van der Waals surface area (Å²) < 4.78 is 67.3. The van der Waals surface area contributed by atoms with E-state index < -0.39 is 21.7 Å². The molecule has 0 saturated heterocycles. The van der Waals surface area contributed by atoms with E-state index in [0.717, 1.165) is 12.3 Å². The van der Waals surface area contributed by atoms with Crippen molar-refractivity contribution in [3.63, 3.8) is 0 Å². The summed E-state index contributed by atoms with van der Waals surface area (Å²) in [6, 6.07) is 3.87. The zero-order valence-corrected chi connectivity index (χ0v) is 16.6. The summed E-state index contributed by atoms with van der Waals surface area (Å²) in [5.41, 5.74) is -0.422. The van der Waals surface area contributed by atoms with Crippen molar-refractivity contribution in [3.8, 4) is 11.5 Å². The van der Waals surface area contributed by atoms with Crippen LogP contribution in [0.15, 0.2) is 35.5 Å². The van der Waals surface area contributed by atoms with E-state index in [9.17, 15) is 21.6 Å². The predicted octanol–water partition coefficient (Wildman–Crippen LogP) is 3.75. The van der Waals surface area contributed by atoms with Crippen LogP contribution < -0.4 is 0 Å². The molecule has 0 N–H and O–H groups in total. The van der Waals surface area contributed by atoms with E-state index in [1.807, 2.05) is 0 Å². The van der Waals surface area contributed by atoms with Crippen LogP contribution in [0.4, 0.5) is 13.2 Å². The first kappa shape index (κ1) is 19.6. The van der Waals surface area contributed by atoms with Crippen LogP contribution in [0.3, 0.4) is 0 Å². The molecule has 4 aromatic rings. The van der Waals surface area contributed by atoms with Crippen LogP contribution in [-0.4, -0.2) is 38.3 Å². The summed E-state index contributed by atoms with van der Waals surface area (Å²) in [4.78, 5) is 7.62. The number of aromatic nitrogens is 5. The highest BCUT2D eigenvalue weighted by molar-refractivity contribution is 7.91. The summed E-state index contributed by atoms with van der Waals surface area (Å²) in [7, 11) is -2.18. The number of fused-ring (bicyclic) bond motifs is 2. The SMILES string of the molecule is CCS(=O)(=O)c1c(-c2nc3cc(C(F)(F)F)ncc3n2C)nn2cc(Cl)ccc12. The summed E-state index contributed by atoms with van der Waals surface area (Å²) in [6.45, 7) is 1.49. The highest BCUT2D eigenvalue weighted by Crippen LogP contribution is 2.34. The Kier molecular flexibility index (Phi) is 4.35. The molecule has 152 valence electrons. The smallest absolute Gasteiger partial charge is 0.324 e. The Bertz CT molecular complexity index is 1380. The first-order valence-corrected chi connectivity index (χ1v) is 10.4. The molecular formula is C17H13ClF3N5O2S. The van der Waals surface area contributed by atoms with Crippen molar-refractivity contribution >= 4 is 38.0 Å².